The number of carbonyl (C=O) groups is 1. The van der Waals surface area contributed by atoms with Crippen molar-refractivity contribution < 1.29 is 4.79 Å². The van der Waals surface area contributed by atoms with Crippen molar-refractivity contribution >= 4 is 28.5 Å². The molecule has 0 bridgehead atoms. The van der Waals surface area contributed by atoms with E-state index in [2.05, 4.69) is 43.4 Å². The van der Waals surface area contributed by atoms with Gasteiger partial charge in [0.1, 0.15) is 0 Å². The predicted molar refractivity (Wildman–Crippen MR) is 68.8 cm³/mol. The molecule has 1 aromatic carbocycles. The van der Waals surface area contributed by atoms with Crippen LogP contribution in [-0.2, 0) is 6.54 Å². The maximum absolute atomic E-state index is 12.2. The smallest absolute Gasteiger partial charge is 0.256 e. The Bertz CT molecular complexity index is 420. The van der Waals surface area contributed by atoms with Crippen LogP contribution in [0.25, 0.3) is 0 Å². The molecular weight excluding hydrogens is 301 g/mol. The SMILES string of the molecule is CC(C)(C)N1Cc2cccc(I)c2C1=O. The summed E-state index contributed by atoms with van der Waals surface area (Å²) in [5, 5.41) is 0. The van der Waals surface area contributed by atoms with E-state index >= 15 is 0 Å². The first kappa shape index (κ1) is 10.9. The second-order valence-electron chi connectivity index (χ2n) is 4.84. The van der Waals surface area contributed by atoms with E-state index in [1.54, 1.807) is 0 Å². The summed E-state index contributed by atoms with van der Waals surface area (Å²) in [6, 6.07) is 6.05. The van der Waals surface area contributed by atoms with E-state index in [1.807, 2.05) is 23.1 Å². The largest absolute Gasteiger partial charge is 0.329 e. The van der Waals surface area contributed by atoms with Crippen LogP contribution >= 0.6 is 22.6 Å². The molecule has 15 heavy (non-hydrogen) atoms. The highest BCUT2D eigenvalue weighted by molar-refractivity contribution is 14.1. The summed E-state index contributed by atoms with van der Waals surface area (Å²) in [5.74, 6) is 0.169. The number of halogens is 1. The van der Waals surface area contributed by atoms with Crippen molar-refractivity contribution in [2.75, 3.05) is 0 Å². The Kier molecular flexibility index (Phi) is 2.53. The highest BCUT2D eigenvalue weighted by Crippen LogP contribution is 2.31. The molecule has 0 aliphatic carbocycles. The van der Waals surface area contributed by atoms with Gasteiger partial charge in [-0.15, -0.1) is 0 Å². The molecule has 1 aromatic rings. The molecular formula is C12H14INO. The van der Waals surface area contributed by atoms with Gasteiger partial charge in [-0.25, -0.2) is 0 Å². The van der Waals surface area contributed by atoms with Crippen LogP contribution in [0.4, 0.5) is 0 Å². The molecule has 1 aliphatic rings. The molecule has 0 saturated carbocycles. The highest BCUT2D eigenvalue weighted by Gasteiger charge is 2.35. The Morgan fingerprint density at radius 2 is 2.00 bits per heavy atom. The Morgan fingerprint density at radius 3 is 2.53 bits per heavy atom. The lowest BCUT2D eigenvalue weighted by atomic mass is 10.1. The minimum atomic E-state index is -0.0980. The number of hydrogen-bond acceptors (Lipinski definition) is 1. The van der Waals surface area contributed by atoms with E-state index in [4.69, 9.17) is 0 Å². The summed E-state index contributed by atoms with van der Waals surface area (Å²) >= 11 is 2.23. The van der Waals surface area contributed by atoms with Crippen molar-refractivity contribution in [2.24, 2.45) is 0 Å². The first-order valence-electron chi connectivity index (χ1n) is 5.00. The quantitative estimate of drug-likeness (QED) is 0.674. The molecule has 0 aromatic heterocycles. The zero-order valence-electron chi connectivity index (χ0n) is 9.17. The van der Waals surface area contributed by atoms with Crippen LogP contribution in [0.5, 0.6) is 0 Å². The Labute approximate surface area is 104 Å². The first-order chi connectivity index (χ1) is 6.91. The van der Waals surface area contributed by atoms with Crippen LogP contribution in [0.1, 0.15) is 36.7 Å². The van der Waals surface area contributed by atoms with Crippen molar-refractivity contribution in [3.05, 3.63) is 32.9 Å². The molecule has 0 spiro atoms. The number of benzene rings is 1. The molecule has 0 unspecified atom stereocenters. The Morgan fingerprint density at radius 1 is 1.33 bits per heavy atom. The Balaban J connectivity index is 2.47. The van der Waals surface area contributed by atoms with E-state index < -0.39 is 0 Å². The summed E-state index contributed by atoms with van der Waals surface area (Å²) < 4.78 is 1.06. The molecule has 0 fully saturated rings. The van der Waals surface area contributed by atoms with Crippen LogP contribution < -0.4 is 0 Å². The van der Waals surface area contributed by atoms with Gasteiger partial charge in [0.05, 0.1) is 5.56 Å². The van der Waals surface area contributed by atoms with E-state index in [0.29, 0.717) is 0 Å². The average Bonchev–Trinajstić information content (AvgIpc) is 2.44. The van der Waals surface area contributed by atoms with E-state index in [0.717, 1.165) is 21.2 Å². The van der Waals surface area contributed by atoms with Gasteiger partial charge < -0.3 is 4.90 Å². The molecule has 80 valence electrons. The van der Waals surface area contributed by atoms with E-state index in [-0.39, 0.29) is 11.4 Å². The fourth-order valence-electron chi connectivity index (χ4n) is 1.86. The number of carbonyl (C=O) groups excluding carboxylic acids is 1. The summed E-state index contributed by atoms with van der Waals surface area (Å²) in [7, 11) is 0. The lowest BCUT2D eigenvalue weighted by Crippen LogP contribution is -2.41. The molecule has 0 saturated heterocycles. The average molecular weight is 315 g/mol. The van der Waals surface area contributed by atoms with Gasteiger partial charge in [-0.05, 0) is 55.0 Å². The zero-order valence-corrected chi connectivity index (χ0v) is 11.3. The molecule has 2 nitrogen and oxygen atoms in total. The van der Waals surface area contributed by atoms with Gasteiger partial charge in [-0.2, -0.15) is 0 Å². The van der Waals surface area contributed by atoms with Gasteiger partial charge in [0.25, 0.3) is 5.91 Å². The summed E-state index contributed by atoms with van der Waals surface area (Å²) in [6.07, 6.45) is 0. The van der Waals surface area contributed by atoms with Crippen molar-refractivity contribution in [2.45, 2.75) is 32.9 Å². The summed E-state index contributed by atoms with van der Waals surface area (Å²) in [6.45, 7) is 6.96. The molecule has 0 atom stereocenters. The lowest BCUT2D eigenvalue weighted by Gasteiger charge is -2.31. The molecule has 2 rings (SSSR count). The van der Waals surface area contributed by atoms with Crippen molar-refractivity contribution in [1.29, 1.82) is 0 Å². The maximum Gasteiger partial charge on any atom is 0.256 e. The van der Waals surface area contributed by atoms with Crippen molar-refractivity contribution in [1.82, 2.24) is 4.90 Å². The molecule has 1 heterocycles. The summed E-state index contributed by atoms with van der Waals surface area (Å²) in [5.41, 5.74) is 1.95. The number of hydrogen-bond donors (Lipinski definition) is 0. The summed E-state index contributed by atoms with van der Waals surface area (Å²) in [4.78, 5) is 14.1. The van der Waals surface area contributed by atoms with Crippen LogP contribution in [0, 0.1) is 3.57 Å². The normalized spacial score (nSPS) is 15.7. The van der Waals surface area contributed by atoms with Gasteiger partial charge in [0.15, 0.2) is 0 Å². The van der Waals surface area contributed by atoms with E-state index in [1.165, 1.54) is 0 Å². The van der Waals surface area contributed by atoms with Crippen LogP contribution in [-0.4, -0.2) is 16.3 Å². The molecule has 3 heteroatoms. The van der Waals surface area contributed by atoms with Crippen LogP contribution in [0.2, 0.25) is 0 Å². The van der Waals surface area contributed by atoms with Crippen molar-refractivity contribution in [3.8, 4) is 0 Å². The third-order valence-corrected chi connectivity index (χ3v) is 3.60. The molecule has 0 radical (unpaired) electrons. The topological polar surface area (TPSA) is 20.3 Å². The zero-order chi connectivity index (χ0) is 11.2. The van der Waals surface area contributed by atoms with Gasteiger partial charge in [0, 0.05) is 15.7 Å². The molecule has 1 amide bonds. The van der Waals surface area contributed by atoms with Gasteiger partial charge in [-0.1, -0.05) is 12.1 Å². The van der Waals surface area contributed by atoms with Crippen molar-refractivity contribution in [3.63, 3.8) is 0 Å². The number of rotatable bonds is 0. The minimum Gasteiger partial charge on any atom is -0.329 e. The highest BCUT2D eigenvalue weighted by atomic mass is 127. The van der Waals surface area contributed by atoms with Crippen LogP contribution in [0.3, 0.4) is 0 Å². The number of fused-ring (bicyclic) bond motifs is 1. The third-order valence-electron chi connectivity index (χ3n) is 2.70. The first-order valence-corrected chi connectivity index (χ1v) is 6.08. The fraction of sp³-hybridized carbons (Fsp3) is 0.417. The molecule has 0 N–H and O–H groups in total. The number of nitrogens with zero attached hydrogens (tertiary/aromatic N) is 1. The van der Waals surface area contributed by atoms with Gasteiger partial charge in [0.2, 0.25) is 0 Å². The minimum absolute atomic E-state index is 0.0980. The maximum atomic E-state index is 12.2. The second-order valence-corrected chi connectivity index (χ2v) is 6.00. The van der Waals surface area contributed by atoms with Gasteiger partial charge in [-0.3, -0.25) is 4.79 Å². The van der Waals surface area contributed by atoms with Crippen LogP contribution in [0.15, 0.2) is 18.2 Å². The van der Waals surface area contributed by atoms with Gasteiger partial charge >= 0.3 is 0 Å². The molecule has 1 aliphatic heterocycles. The third kappa shape index (κ3) is 1.77. The second kappa shape index (κ2) is 3.47. The number of amides is 1. The monoisotopic (exact) mass is 315 g/mol. The Hall–Kier alpha value is -0.580. The predicted octanol–water partition coefficient (Wildman–Crippen LogP) is 3.05. The van der Waals surface area contributed by atoms with E-state index in [9.17, 15) is 4.79 Å². The standard InChI is InChI=1S/C12H14INO/c1-12(2,3)14-7-8-5-4-6-9(13)10(8)11(14)15/h4-6H,7H2,1-3H3. The lowest BCUT2D eigenvalue weighted by molar-refractivity contribution is 0.0609. The fourth-order valence-corrected chi connectivity index (χ4v) is 2.64.